The molecule has 0 aliphatic carbocycles. The summed E-state index contributed by atoms with van der Waals surface area (Å²) in [6, 6.07) is 16.1. The Labute approximate surface area is 191 Å². The van der Waals surface area contributed by atoms with Crippen LogP contribution >= 0.6 is 22.6 Å². The van der Waals surface area contributed by atoms with E-state index in [9.17, 15) is 0 Å². The van der Waals surface area contributed by atoms with Crippen LogP contribution in [0.15, 0.2) is 54.7 Å². The molecule has 0 radical (unpaired) electrons. The topological polar surface area (TPSA) is 62.3 Å². The zero-order chi connectivity index (χ0) is 20.8. The molecular formula is C23H26IN5O. The van der Waals surface area contributed by atoms with Crippen LogP contribution in [0.1, 0.15) is 18.4 Å². The molecular weight excluding hydrogens is 489 g/mol. The fraction of sp³-hybridized carbons (Fsp3) is 0.304. The normalized spacial score (nSPS) is 13.9. The molecule has 0 unspecified atom stereocenters. The minimum Gasteiger partial charge on any atom is -0.492 e. The average molecular weight is 515 g/mol. The highest BCUT2D eigenvalue weighted by Gasteiger charge is 2.11. The van der Waals surface area contributed by atoms with Crippen LogP contribution in [0.4, 0.5) is 23.1 Å². The van der Waals surface area contributed by atoms with E-state index in [-0.39, 0.29) is 0 Å². The van der Waals surface area contributed by atoms with E-state index in [1.807, 2.05) is 49.5 Å². The molecule has 2 N–H and O–H groups in total. The third kappa shape index (κ3) is 5.82. The van der Waals surface area contributed by atoms with Crippen molar-refractivity contribution in [1.82, 2.24) is 14.9 Å². The van der Waals surface area contributed by atoms with Gasteiger partial charge in [-0.05, 0) is 97.9 Å². The summed E-state index contributed by atoms with van der Waals surface area (Å²) in [7, 11) is 0. The van der Waals surface area contributed by atoms with Crippen molar-refractivity contribution in [3.05, 3.63) is 63.9 Å². The van der Waals surface area contributed by atoms with Crippen molar-refractivity contribution in [1.29, 1.82) is 0 Å². The minimum absolute atomic E-state index is 0.552. The van der Waals surface area contributed by atoms with E-state index >= 15 is 0 Å². The fourth-order valence-electron chi connectivity index (χ4n) is 3.39. The first-order valence-electron chi connectivity index (χ1n) is 10.2. The Hall–Kier alpha value is -2.39. The van der Waals surface area contributed by atoms with E-state index in [4.69, 9.17) is 4.74 Å². The number of benzene rings is 2. The van der Waals surface area contributed by atoms with Crippen molar-refractivity contribution in [2.75, 3.05) is 36.9 Å². The van der Waals surface area contributed by atoms with Gasteiger partial charge >= 0.3 is 0 Å². The Morgan fingerprint density at radius 2 is 1.83 bits per heavy atom. The number of halogens is 1. The van der Waals surface area contributed by atoms with E-state index in [0.29, 0.717) is 5.95 Å². The van der Waals surface area contributed by atoms with E-state index in [1.165, 1.54) is 29.5 Å². The lowest BCUT2D eigenvalue weighted by Crippen LogP contribution is -2.25. The van der Waals surface area contributed by atoms with Gasteiger partial charge in [-0.25, -0.2) is 4.98 Å². The van der Waals surface area contributed by atoms with E-state index in [2.05, 4.69) is 60.2 Å². The maximum atomic E-state index is 5.87. The number of anilines is 4. The number of hydrogen-bond donors (Lipinski definition) is 2. The lowest BCUT2D eigenvalue weighted by Gasteiger charge is -2.15. The number of nitrogens with zero attached hydrogens (tertiary/aromatic N) is 3. The minimum atomic E-state index is 0.552. The first-order chi connectivity index (χ1) is 14.7. The summed E-state index contributed by atoms with van der Waals surface area (Å²) in [5.41, 5.74) is 2.91. The van der Waals surface area contributed by atoms with Crippen molar-refractivity contribution < 1.29 is 4.74 Å². The Morgan fingerprint density at radius 3 is 2.60 bits per heavy atom. The maximum absolute atomic E-state index is 5.87. The lowest BCUT2D eigenvalue weighted by molar-refractivity contribution is 0.238. The molecule has 1 fully saturated rings. The predicted molar refractivity (Wildman–Crippen MR) is 130 cm³/mol. The SMILES string of the molecule is Cc1cnc(Nc2ccc(OCCN3CCCC3)cc2)nc1Nc1cccc(I)c1. The van der Waals surface area contributed by atoms with Crippen LogP contribution in [-0.2, 0) is 0 Å². The van der Waals surface area contributed by atoms with Gasteiger partial charge in [0, 0.05) is 33.3 Å². The van der Waals surface area contributed by atoms with E-state index in [1.54, 1.807) is 0 Å². The second-order valence-corrected chi connectivity index (χ2v) is 8.65. The molecule has 156 valence electrons. The summed E-state index contributed by atoms with van der Waals surface area (Å²) in [6.07, 6.45) is 4.44. The van der Waals surface area contributed by atoms with Gasteiger partial charge in [0.1, 0.15) is 18.2 Å². The van der Waals surface area contributed by atoms with Gasteiger partial charge in [0.05, 0.1) is 0 Å². The first kappa shape index (κ1) is 20.9. The predicted octanol–water partition coefficient (Wildman–Crippen LogP) is 5.35. The van der Waals surface area contributed by atoms with Crippen molar-refractivity contribution in [2.45, 2.75) is 19.8 Å². The summed E-state index contributed by atoms with van der Waals surface area (Å²) in [5, 5.41) is 6.64. The van der Waals surface area contributed by atoms with Gasteiger partial charge in [-0.2, -0.15) is 4.98 Å². The van der Waals surface area contributed by atoms with Gasteiger partial charge in [0.15, 0.2) is 0 Å². The Morgan fingerprint density at radius 1 is 1.03 bits per heavy atom. The van der Waals surface area contributed by atoms with Crippen LogP contribution in [0, 0.1) is 10.5 Å². The second-order valence-electron chi connectivity index (χ2n) is 7.41. The Balaban J connectivity index is 1.35. The van der Waals surface area contributed by atoms with Crippen molar-refractivity contribution >= 4 is 45.7 Å². The Bertz CT molecular complexity index is 974. The van der Waals surface area contributed by atoms with Crippen molar-refractivity contribution in [3.8, 4) is 5.75 Å². The van der Waals surface area contributed by atoms with Crippen LogP contribution in [0.5, 0.6) is 5.75 Å². The molecule has 1 aliphatic rings. The largest absolute Gasteiger partial charge is 0.492 e. The molecule has 1 saturated heterocycles. The third-order valence-electron chi connectivity index (χ3n) is 5.04. The maximum Gasteiger partial charge on any atom is 0.229 e. The van der Waals surface area contributed by atoms with Gasteiger partial charge in [0.2, 0.25) is 5.95 Å². The van der Waals surface area contributed by atoms with Crippen LogP contribution in [0.2, 0.25) is 0 Å². The molecule has 1 aromatic heterocycles. The highest BCUT2D eigenvalue weighted by atomic mass is 127. The second kappa shape index (κ2) is 10.1. The number of nitrogens with one attached hydrogen (secondary N) is 2. The monoisotopic (exact) mass is 515 g/mol. The van der Waals surface area contributed by atoms with Crippen molar-refractivity contribution in [3.63, 3.8) is 0 Å². The molecule has 0 atom stereocenters. The highest BCUT2D eigenvalue weighted by molar-refractivity contribution is 14.1. The van der Waals surface area contributed by atoms with Crippen LogP contribution in [0.3, 0.4) is 0 Å². The zero-order valence-electron chi connectivity index (χ0n) is 17.1. The molecule has 30 heavy (non-hydrogen) atoms. The van der Waals surface area contributed by atoms with Crippen LogP contribution < -0.4 is 15.4 Å². The van der Waals surface area contributed by atoms with Gasteiger partial charge < -0.3 is 15.4 Å². The summed E-state index contributed by atoms with van der Waals surface area (Å²) >= 11 is 2.30. The van der Waals surface area contributed by atoms with Gasteiger partial charge in [-0.1, -0.05) is 6.07 Å². The van der Waals surface area contributed by atoms with Gasteiger partial charge in [0.25, 0.3) is 0 Å². The molecule has 6 nitrogen and oxygen atoms in total. The van der Waals surface area contributed by atoms with E-state index < -0.39 is 0 Å². The Kier molecular flexibility index (Phi) is 7.01. The first-order valence-corrected chi connectivity index (χ1v) is 11.3. The van der Waals surface area contributed by atoms with Gasteiger partial charge in [-0.3, -0.25) is 4.90 Å². The number of aryl methyl sites for hydroxylation is 1. The fourth-order valence-corrected chi connectivity index (χ4v) is 3.94. The molecule has 7 heteroatoms. The molecule has 0 spiro atoms. The summed E-state index contributed by atoms with van der Waals surface area (Å²) in [5.74, 6) is 2.22. The molecule has 2 heterocycles. The quantitative estimate of drug-likeness (QED) is 0.395. The molecule has 3 aromatic rings. The molecule has 0 bridgehead atoms. The van der Waals surface area contributed by atoms with Crippen molar-refractivity contribution in [2.24, 2.45) is 0 Å². The summed E-state index contributed by atoms with van der Waals surface area (Å²) < 4.78 is 7.04. The number of rotatable bonds is 8. The number of ether oxygens (including phenoxy) is 1. The summed E-state index contributed by atoms with van der Waals surface area (Å²) in [4.78, 5) is 11.5. The number of likely N-dealkylation sites (tertiary alicyclic amines) is 1. The van der Waals surface area contributed by atoms with Crippen LogP contribution in [-0.4, -0.2) is 41.1 Å². The standard InChI is InChI=1S/C23H26IN5O/c1-17-16-25-23(28-22(17)26-20-6-4-5-18(24)15-20)27-19-7-9-21(10-8-19)30-14-13-29-11-2-3-12-29/h4-10,15-16H,2-3,11-14H2,1H3,(H2,25,26,27,28). The zero-order valence-corrected chi connectivity index (χ0v) is 19.2. The lowest BCUT2D eigenvalue weighted by atomic mass is 10.3. The number of hydrogen-bond acceptors (Lipinski definition) is 6. The average Bonchev–Trinajstić information content (AvgIpc) is 3.25. The smallest absolute Gasteiger partial charge is 0.229 e. The number of aromatic nitrogens is 2. The third-order valence-corrected chi connectivity index (χ3v) is 5.72. The molecule has 0 amide bonds. The molecule has 4 rings (SSSR count). The van der Waals surface area contributed by atoms with E-state index in [0.717, 1.165) is 41.7 Å². The summed E-state index contributed by atoms with van der Waals surface area (Å²) in [6.45, 7) is 6.11. The molecule has 2 aromatic carbocycles. The molecule has 0 saturated carbocycles. The molecule has 1 aliphatic heterocycles. The van der Waals surface area contributed by atoms with Crippen LogP contribution in [0.25, 0.3) is 0 Å². The van der Waals surface area contributed by atoms with Gasteiger partial charge in [-0.15, -0.1) is 0 Å². The highest BCUT2D eigenvalue weighted by Crippen LogP contribution is 2.23.